The van der Waals surface area contributed by atoms with Gasteiger partial charge in [-0.05, 0) is 72.5 Å². The van der Waals surface area contributed by atoms with Crippen LogP contribution in [0.15, 0.2) is 60.7 Å². The zero-order valence-electron chi connectivity index (χ0n) is 15.6. The number of aliphatic carboxylic acids is 1. The normalized spacial score (nSPS) is 15.4. The maximum Gasteiger partial charge on any atom is 0.328 e. The Balaban J connectivity index is 1.94. The molecule has 1 heterocycles. The van der Waals surface area contributed by atoms with Gasteiger partial charge >= 0.3 is 5.97 Å². The highest BCUT2D eigenvalue weighted by atomic mass is 16.5. The molecule has 0 atom stereocenters. The van der Waals surface area contributed by atoms with Crippen LogP contribution in [0.2, 0.25) is 0 Å². The quantitative estimate of drug-likeness (QED) is 0.744. The number of benzene rings is 2. The lowest BCUT2D eigenvalue weighted by molar-refractivity contribution is -0.131. The molecule has 1 aliphatic heterocycles. The standard InChI is InChI=1S/C23H25NO3/c1-27-21-10-8-19(9-11-21)22(13-16-24-14-2-3-15-24)20-6-4-5-18(17-20)7-12-23(25)26/h4-13,17H,2-3,14-16H2,1H3,(H,25,26)/b12-7+,22-13+. The lowest BCUT2D eigenvalue weighted by Gasteiger charge is -2.15. The van der Waals surface area contributed by atoms with Crippen LogP contribution < -0.4 is 4.74 Å². The summed E-state index contributed by atoms with van der Waals surface area (Å²) >= 11 is 0. The number of carboxylic acid groups (broad SMARTS) is 1. The fraction of sp³-hybridized carbons (Fsp3) is 0.261. The van der Waals surface area contributed by atoms with Crippen molar-refractivity contribution >= 4 is 17.6 Å². The van der Waals surface area contributed by atoms with Gasteiger partial charge in [-0.2, -0.15) is 0 Å². The fourth-order valence-corrected chi connectivity index (χ4v) is 3.34. The lowest BCUT2D eigenvalue weighted by atomic mass is 9.95. The van der Waals surface area contributed by atoms with E-state index in [1.54, 1.807) is 13.2 Å². The van der Waals surface area contributed by atoms with Crippen LogP contribution in [-0.4, -0.2) is 42.7 Å². The van der Waals surface area contributed by atoms with Gasteiger partial charge in [0.05, 0.1) is 7.11 Å². The van der Waals surface area contributed by atoms with Crippen LogP contribution in [0.5, 0.6) is 5.75 Å². The van der Waals surface area contributed by atoms with E-state index in [4.69, 9.17) is 9.84 Å². The average molecular weight is 363 g/mol. The smallest absolute Gasteiger partial charge is 0.328 e. The number of hydrogen-bond donors (Lipinski definition) is 1. The summed E-state index contributed by atoms with van der Waals surface area (Å²) in [6, 6.07) is 16.0. The van der Waals surface area contributed by atoms with Gasteiger partial charge in [0.15, 0.2) is 0 Å². The van der Waals surface area contributed by atoms with Gasteiger partial charge in [0.25, 0.3) is 0 Å². The molecule has 2 aromatic rings. The van der Waals surface area contributed by atoms with Crippen LogP contribution in [0.25, 0.3) is 11.6 Å². The minimum Gasteiger partial charge on any atom is -0.497 e. The van der Waals surface area contributed by atoms with Crippen LogP contribution in [0.1, 0.15) is 29.5 Å². The van der Waals surface area contributed by atoms with E-state index >= 15 is 0 Å². The second kappa shape index (κ2) is 9.19. The van der Waals surface area contributed by atoms with Crippen molar-refractivity contribution in [2.75, 3.05) is 26.7 Å². The third-order valence-electron chi connectivity index (χ3n) is 4.77. The summed E-state index contributed by atoms with van der Waals surface area (Å²) in [4.78, 5) is 13.3. The van der Waals surface area contributed by atoms with E-state index in [2.05, 4.69) is 29.2 Å². The van der Waals surface area contributed by atoms with Crippen LogP contribution in [0.4, 0.5) is 0 Å². The van der Waals surface area contributed by atoms with Gasteiger partial charge in [-0.25, -0.2) is 4.79 Å². The first-order valence-electron chi connectivity index (χ1n) is 9.24. The van der Waals surface area contributed by atoms with Crippen molar-refractivity contribution in [3.05, 3.63) is 77.4 Å². The predicted octanol–water partition coefficient (Wildman–Crippen LogP) is 4.32. The second-order valence-corrected chi connectivity index (χ2v) is 6.65. The highest BCUT2D eigenvalue weighted by Gasteiger charge is 2.12. The molecule has 140 valence electrons. The SMILES string of the molecule is COc1ccc(/C(=C\CN2CCCC2)c2cccc(/C=C/C(=O)O)c2)cc1. The molecule has 2 aromatic carbocycles. The van der Waals surface area contributed by atoms with E-state index < -0.39 is 5.97 Å². The molecule has 1 saturated heterocycles. The summed E-state index contributed by atoms with van der Waals surface area (Å²) in [5.74, 6) is -0.115. The topological polar surface area (TPSA) is 49.8 Å². The lowest BCUT2D eigenvalue weighted by Crippen LogP contribution is -2.19. The van der Waals surface area contributed by atoms with Crippen molar-refractivity contribution in [1.29, 1.82) is 0 Å². The summed E-state index contributed by atoms with van der Waals surface area (Å²) in [7, 11) is 1.66. The Morgan fingerprint density at radius 2 is 1.85 bits per heavy atom. The minimum atomic E-state index is -0.944. The Bertz CT molecular complexity index is 831. The molecule has 0 radical (unpaired) electrons. The molecule has 1 fully saturated rings. The van der Waals surface area contributed by atoms with Gasteiger partial charge in [0.1, 0.15) is 5.75 Å². The Labute approximate surface area is 160 Å². The molecule has 0 saturated carbocycles. The van der Waals surface area contributed by atoms with Crippen LogP contribution >= 0.6 is 0 Å². The molecule has 0 bridgehead atoms. The summed E-state index contributed by atoms with van der Waals surface area (Å²) in [5.41, 5.74) is 4.21. The highest BCUT2D eigenvalue weighted by molar-refractivity contribution is 5.86. The van der Waals surface area contributed by atoms with E-state index in [-0.39, 0.29) is 0 Å². The minimum absolute atomic E-state index is 0.829. The average Bonchev–Trinajstić information content (AvgIpc) is 3.21. The molecular formula is C23H25NO3. The van der Waals surface area contributed by atoms with Crippen molar-refractivity contribution in [1.82, 2.24) is 4.90 Å². The second-order valence-electron chi connectivity index (χ2n) is 6.65. The third kappa shape index (κ3) is 5.31. The molecule has 0 amide bonds. The van der Waals surface area contributed by atoms with Crippen molar-refractivity contribution in [3.8, 4) is 5.75 Å². The van der Waals surface area contributed by atoms with Crippen LogP contribution in [0.3, 0.4) is 0 Å². The Kier molecular flexibility index (Phi) is 6.44. The number of carbonyl (C=O) groups is 1. The molecule has 3 rings (SSSR count). The zero-order valence-corrected chi connectivity index (χ0v) is 15.6. The number of methoxy groups -OCH3 is 1. The largest absolute Gasteiger partial charge is 0.497 e. The van der Waals surface area contributed by atoms with Gasteiger partial charge in [0, 0.05) is 12.6 Å². The van der Waals surface area contributed by atoms with E-state index in [0.717, 1.165) is 47.6 Å². The van der Waals surface area contributed by atoms with E-state index in [9.17, 15) is 4.79 Å². The molecule has 0 spiro atoms. The highest BCUT2D eigenvalue weighted by Crippen LogP contribution is 2.27. The Morgan fingerprint density at radius 1 is 1.11 bits per heavy atom. The van der Waals surface area contributed by atoms with Crippen molar-refractivity contribution in [2.24, 2.45) is 0 Å². The van der Waals surface area contributed by atoms with Gasteiger partial charge < -0.3 is 9.84 Å². The summed E-state index contributed by atoms with van der Waals surface area (Å²) in [5, 5.41) is 8.87. The molecule has 1 N–H and O–H groups in total. The van der Waals surface area contributed by atoms with Crippen molar-refractivity contribution in [2.45, 2.75) is 12.8 Å². The molecule has 0 aromatic heterocycles. The van der Waals surface area contributed by atoms with Gasteiger partial charge in [-0.3, -0.25) is 4.90 Å². The number of carboxylic acids is 1. The summed E-state index contributed by atoms with van der Waals surface area (Å²) < 4.78 is 5.28. The molecule has 4 nitrogen and oxygen atoms in total. The number of likely N-dealkylation sites (tertiary alicyclic amines) is 1. The Hall–Kier alpha value is -2.85. The maximum atomic E-state index is 10.8. The van der Waals surface area contributed by atoms with E-state index in [1.807, 2.05) is 30.3 Å². The first kappa shape index (κ1) is 18.9. The first-order valence-corrected chi connectivity index (χ1v) is 9.24. The molecular weight excluding hydrogens is 338 g/mol. The molecule has 4 heteroatoms. The van der Waals surface area contributed by atoms with E-state index in [0.29, 0.717) is 0 Å². The summed E-state index contributed by atoms with van der Waals surface area (Å²) in [6.45, 7) is 3.21. The number of ether oxygens (including phenoxy) is 1. The maximum absolute atomic E-state index is 10.8. The summed E-state index contributed by atoms with van der Waals surface area (Å²) in [6.07, 6.45) is 7.59. The molecule has 0 unspecified atom stereocenters. The van der Waals surface area contributed by atoms with Gasteiger partial charge in [-0.15, -0.1) is 0 Å². The fourth-order valence-electron chi connectivity index (χ4n) is 3.34. The number of hydrogen-bond acceptors (Lipinski definition) is 3. The van der Waals surface area contributed by atoms with Crippen LogP contribution in [-0.2, 0) is 4.79 Å². The number of nitrogens with zero attached hydrogens (tertiary/aromatic N) is 1. The zero-order chi connectivity index (χ0) is 19.1. The Morgan fingerprint density at radius 3 is 2.52 bits per heavy atom. The first-order chi connectivity index (χ1) is 13.2. The van der Waals surface area contributed by atoms with Gasteiger partial charge in [-0.1, -0.05) is 36.4 Å². The third-order valence-corrected chi connectivity index (χ3v) is 4.77. The number of rotatable bonds is 7. The molecule has 1 aliphatic rings. The van der Waals surface area contributed by atoms with Crippen LogP contribution in [0, 0.1) is 0 Å². The van der Waals surface area contributed by atoms with Crippen molar-refractivity contribution < 1.29 is 14.6 Å². The molecule has 27 heavy (non-hydrogen) atoms. The van der Waals surface area contributed by atoms with Crippen molar-refractivity contribution in [3.63, 3.8) is 0 Å². The monoisotopic (exact) mass is 363 g/mol. The molecule has 0 aliphatic carbocycles. The van der Waals surface area contributed by atoms with Gasteiger partial charge in [0.2, 0.25) is 0 Å². The predicted molar refractivity (Wildman–Crippen MR) is 109 cm³/mol. The van der Waals surface area contributed by atoms with E-state index in [1.165, 1.54) is 18.9 Å².